The molecular weight excluding hydrogens is 366 g/mol. The average Bonchev–Trinajstić information content (AvgIpc) is 3.21. The van der Waals surface area contributed by atoms with Gasteiger partial charge in [0, 0.05) is 24.6 Å². The third-order valence-corrected chi connectivity index (χ3v) is 4.77. The third-order valence-electron chi connectivity index (χ3n) is 3.91. The predicted octanol–water partition coefficient (Wildman–Crippen LogP) is 3.46. The third kappa shape index (κ3) is 5.74. The van der Waals surface area contributed by atoms with E-state index in [0.29, 0.717) is 36.9 Å². The normalized spacial score (nSPS) is 10.8. The Morgan fingerprint density at radius 2 is 1.81 bits per heavy atom. The molecule has 0 aliphatic rings. The second kappa shape index (κ2) is 10.6. The average molecular weight is 391 g/mol. The number of ether oxygens (including phenoxy) is 4. The molecule has 0 aliphatic heterocycles. The number of nitrogens with zero attached hydrogens (tertiary/aromatic N) is 1. The van der Waals surface area contributed by atoms with Crippen LogP contribution < -0.4 is 14.2 Å². The van der Waals surface area contributed by atoms with E-state index < -0.39 is 0 Å². The van der Waals surface area contributed by atoms with Gasteiger partial charge in [-0.3, -0.25) is 4.79 Å². The number of carbonyl (C=O) groups excluding carboxylic acids is 1. The Morgan fingerprint density at radius 1 is 1.11 bits per heavy atom. The summed E-state index contributed by atoms with van der Waals surface area (Å²) in [6.07, 6.45) is 3.28. The molecule has 27 heavy (non-hydrogen) atoms. The van der Waals surface area contributed by atoms with Crippen LogP contribution in [0.2, 0.25) is 0 Å². The van der Waals surface area contributed by atoms with Gasteiger partial charge in [0.2, 0.25) is 11.7 Å². The molecule has 0 fully saturated rings. The van der Waals surface area contributed by atoms with Gasteiger partial charge in [-0.05, 0) is 35.2 Å². The lowest BCUT2D eigenvalue weighted by Gasteiger charge is -2.20. The van der Waals surface area contributed by atoms with Crippen molar-refractivity contribution in [3.8, 4) is 17.2 Å². The minimum Gasteiger partial charge on any atom is -0.493 e. The Labute approximate surface area is 163 Å². The highest BCUT2D eigenvalue weighted by Crippen LogP contribution is 2.38. The van der Waals surface area contributed by atoms with Crippen LogP contribution in [0.15, 0.2) is 35.7 Å². The quantitative estimate of drug-likeness (QED) is 0.581. The van der Waals surface area contributed by atoms with E-state index in [4.69, 9.17) is 18.9 Å². The smallest absolute Gasteiger partial charge is 0.246 e. The van der Waals surface area contributed by atoms with Gasteiger partial charge in [-0.1, -0.05) is 6.07 Å². The molecule has 0 N–H and O–H groups in total. The van der Waals surface area contributed by atoms with Crippen LogP contribution in [-0.2, 0) is 16.1 Å². The van der Waals surface area contributed by atoms with E-state index in [9.17, 15) is 4.79 Å². The van der Waals surface area contributed by atoms with Crippen molar-refractivity contribution in [1.29, 1.82) is 0 Å². The Bertz CT molecular complexity index is 733. The van der Waals surface area contributed by atoms with Crippen molar-refractivity contribution in [2.75, 3.05) is 41.6 Å². The summed E-state index contributed by atoms with van der Waals surface area (Å²) in [6, 6.07) is 7.58. The second-order valence-corrected chi connectivity index (χ2v) is 6.66. The molecule has 0 saturated carbocycles. The maximum Gasteiger partial charge on any atom is 0.246 e. The molecule has 1 aromatic heterocycles. The molecule has 0 spiro atoms. The largest absolute Gasteiger partial charge is 0.493 e. The highest BCUT2D eigenvalue weighted by atomic mass is 32.1. The highest BCUT2D eigenvalue weighted by molar-refractivity contribution is 7.09. The van der Waals surface area contributed by atoms with Crippen LogP contribution in [0.4, 0.5) is 0 Å². The lowest BCUT2D eigenvalue weighted by Crippen LogP contribution is -2.31. The maximum atomic E-state index is 12.7. The molecule has 0 bridgehead atoms. The summed E-state index contributed by atoms with van der Waals surface area (Å²) in [5.41, 5.74) is 0.778. The molecule has 146 valence electrons. The molecular formula is C20H25NO5S. The van der Waals surface area contributed by atoms with Crippen molar-refractivity contribution in [2.24, 2.45) is 0 Å². The zero-order valence-electron chi connectivity index (χ0n) is 16.1. The molecule has 0 atom stereocenters. The predicted molar refractivity (Wildman–Crippen MR) is 107 cm³/mol. The number of methoxy groups -OCH3 is 4. The molecule has 0 aliphatic carbocycles. The summed E-state index contributed by atoms with van der Waals surface area (Å²) in [7, 11) is 6.30. The fraction of sp³-hybridized carbons (Fsp3) is 0.350. The van der Waals surface area contributed by atoms with E-state index in [0.717, 1.165) is 10.4 Å². The minimum atomic E-state index is -0.0887. The monoisotopic (exact) mass is 391 g/mol. The first-order valence-corrected chi connectivity index (χ1v) is 9.29. The zero-order valence-corrected chi connectivity index (χ0v) is 16.9. The van der Waals surface area contributed by atoms with E-state index in [1.807, 2.05) is 17.5 Å². The number of thiophene rings is 1. The summed E-state index contributed by atoms with van der Waals surface area (Å²) in [6.45, 7) is 1.56. The summed E-state index contributed by atoms with van der Waals surface area (Å²) >= 11 is 1.62. The number of benzene rings is 1. The summed E-state index contributed by atoms with van der Waals surface area (Å²) in [4.78, 5) is 15.6. The molecule has 0 radical (unpaired) electrons. The summed E-state index contributed by atoms with van der Waals surface area (Å²) in [5, 5.41) is 2.00. The van der Waals surface area contributed by atoms with Gasteiger partial charge in [0.25, 0.3) is 0 Å². The van der Waals surface area contributed by atoms with E-state index in [2.05, 4.69) is 0 Å². The first kappa shape index (κ1) is 20.8. The van der Waals surface area contributed by atoms with E-state index >= 15 is 0 Å². The summed E-state index contributed by atoms with van der Waals surface area (Å²) in [5.74, 6) is 1.51. The number of rotatable bonds is 10. The molecule has 1 aromatic carbocycles. The molecule has 1 amide bonds. The maximum absolute atomic E-state index is 12.7. The van der Waals surface area contributed by atoms with Gasteiger partial charge in [0.1, 0.15) is 0 Å². The van der Waals surface area contributed by atoms with Gasteiger partial charge in [0.15, 0.2) is 11.5 Å². The molecule has 0 saturated heterocycles. The Hall–Kier alpha value is -2.51. The molecule has 0 unspecified atom stereocenters. The molecule has 2 aromatic rings. The number of hydrogen-bond acceptors (Lipinski definition) is 6. The minimum absolute atomic E-state index is 0.0887. The Balaban J connectivity index is 2.19. The van der Waals surface area contributed by atoms with Crippen LogP contribution in [0.25, 0.3) is 6.08 Å². The molecule has 1 heterocycles. The van der Waals surface area contributed by atoms with Crippen molar-refractivity contribution in [2.45, 2.75) is 6.54 Å². The fourth-order valence-corrected chi connectivity index (χ4v) is 3.25. The first-order chi connectivity index (χ1) is 13.1. The Morgan fingerprint density at radius 3 is 2.33 bits per heavy atom. The van der Waals surface area contributed by atoms with Crippen LogP contribution in [0.3, 0.4) is 0 Å². The van der Waals surface area contributed by atoms with Gasteiger partial charge < -0.3 is 23.8 Å². The number of carbonyl (C=O) groups is 1. The van der Waals surface area contributed by atoms with Crippen LogP contribution >= 0.6 is 11.3 Å². The van der Waals surface area contributed by atoms with Gasteiger partial charge >= 0.3 is 0 Å². The van der Waals surface area contributed by atoms with Gasteiger partial charge in [-0.15, -0.1) is 11.3 Å². The standard InChI is InChI=1S/C20H25NO5S/c1-23-10-9-21(14-16-6-5-11-27-16)19(22)8-7-15-12-17(24-2)20(26-4)18(13-15)25-3/h5-8,11-13H,9-10,14H2,1-4H3/b8-7+. The van der Waals surface area contributed by atoms with Crippen LogP contribution in [0.1, 0.15) is 10.4 Å². The van der Waals surface area contributed by atoms with E-state index in [-0.39, 0.29) is 5.91 Å². The van der Waals surface area contributed by atoms with Gasteiger partial charge in [0.05, 0.1) is 34.5 Å². The van der Waals surface area contributed by atoms with Crippen molar-refractivity contribution < 1.29 is 23.7 Å². The van der Waals surface area contributed by atoms with Crippen LogP contribution in [0, 0.1) is 0 Å². The summed E-state index contributed by atoms with van der Waals surface area (Å²) < 4.78 is 21.1. The molecule has 6 nitrogen and oxygen atoms in total. The zero-order chi connectivity index (χ0) is 19.6. The van der Waals surface area contributed by atoms with Crippen molar-refractivity contribution in [3.05, 3.63) is 46.2 Å². The van der Waals surface area contributed by atoms with Crippen LogP contribution in [0.5, 0.6) is 17.2 Å². The van der Waals surface area contributed by atoms with Gasteiger partial charge in [-0.2, -0.15) is 0 Å². The SMILES string of the molecule is COCCN(Cc1cccs1)C(=O)/C=C/c1cc(OC)c(OC)c(OC)c1. The topological polar surface area (TPSA) is 57.2 Å². The fourth-order valence-electron chi connectivity index (χ4n) is 2.53. The van der Waals surface area contributed by atoms with E-state index in [1.165, 1.54) is 0 Å². The second-order valence-electron chi connectivity index (χ2n) is 5.62. The van der Waals surface area contributed by atoms with Crippen molar-refractivity contribution in [1.82, 2.24) is 4.90 Å². The van der Waals surface area contributed by atoms with Crippen molar-refractivity contribution in [3.63, 3.8) is 0 Å². The number of hydrogen-bond donors (Lipinski definition) is 0. The van der Waals surface area contributed by atoms with E-state index in [1.54, 1.807) is 69.0 Å². The van der Waals surface area contributed by atoms with Gasteiger partial charge in [-0.25, -0.2) is 0 Å². The highest BCUT2D eigenvalue weighted by Gasteiger charge is 2.14. The molecule has 7 heteroatoms. The number of amides is 1. The Kier molecular flexibility index (Phi) is 8.16. The first-order valence-electron chi connectivity index (χ1n) is 8.41. The van der Waals surface area contributed by atoms with Crippen molar-refractivity contribution >= 4 is 23.3 Å². The lowest BCUT2D eigenvalue weighted by atomic mass is 10.1. The molecule has 2 rings (SSSR count). The van der Waals surface area contributed by atoms with Crippen LogP contribution in [-0.4, -0.2) is 52.4 Å². The lowest BCUT2D eigenvalue weighted by molar-refractivity contribution is -0.127.